The van der Waals surface area contributed by atoms with Crippen molar-refractivity contribution >= 4 is 11.0 Å². The first kappa shape index (κ1) is 27.8. The lowest BCUT2D eigenvalue weighted by molar-refractivity contribution is -0.733. The van der Waals surface area contributed by atoms with Crippen LogP contribution in [0.2, 0.25) is 0 Å². The normalized spacial score (nSPS) is 16.4. The second kappa shape index (κ2) is 9.64. The van der Waals surface area contributed by atoms with Gasteiger partial charge in [-0.25, -0.2) is 0 Å². The van der Waals surface area contributed by atoms with Crippen molar-refractivity contribution in [1.29, 1.82) is 0 Å². The summed E-state index contributed by atoms with van der Waals surface area (Å²) in [4.78, 5) is 0. The maximum absolute atomic E-state index is 2.72. The number of hydrogen-bond donors (Lipinski definition) is 0. The van der Waals surface area contributed by atoms with Gasteiger partial charge in [-0.3, -0.25) is 0 Å². The van der Waals surface area contributed by atoms with Crippen LogP contribution in [0, 0.1) is 6.92 Å². The van der Waals surface area contributed by atoms with Gasteiger partial charge in [0.15, 0.2) is 17.2 Å². The van der Waals surface area contributed by atoms with Crippen molar-refractivity contribution in [3.8, 4) is 39.5 Å². The molecule has 0 fully saturated rings. The van der Waals surface area contributed by atoms with Gasteiger partial charge in [-0.15, -0.1) is 9.13 Å². The van der Waals surface area contributed by atoms with Crippen molar-refractivity contribution in [3.05, 3.63) is 160 Å². The molecule has 0 saturated carbocycles. The first-order valence-corrected chi connectivity index (χ1v) is 17.5. The van der Waals surface area contributed by atoms with Crippen molar-refractivity contribution in [2.45, 2.75) is 58.5 Å². The molecule has 0 amide bonds. The number of benzene rings is 5. The largest absolute Gasteiger partial charge is 0.364 e. The van der Waals surface area contributed by atoms with Crippen molar-refractivity contribution in [3.63, 3.8) is 0 Å². The lowest BCUT2D eigenvalue weighted by Crippen LogP contribution is -2.58. The van der Waals surface area contributed by atoms with E-state index in [1.54, 1.807) is 0 Å². The molecule has 1 aliphatic carbocycles. The van der Waals surface area contributed by atoms with Crippen LogP contribution in [0.25, 0.3) is 50.5 Å². The molecule has 0 saturated heterocycles. The highest BCUT2D eigenvalue weighted by atomic mass is 15.4. The van der Waals surface area contributed by atoms with E-state index in [-0.39, 0.29) is 0 Å². The first-order valence-electron chi connectivity index (χ1n) is 17.5. The Morgan fingerprint density at radius 2 is 1.40 bits per heavy atom. The number of imidazole rings is 1. The van der Waals surface area contributed by atoms with E-state index in [2.05, 4.69) is 170 Å². The van der Waals surface area contributed by atoms with Gasteiger partial charge >= 0.3 is 11.5 Å². The molecular formula is C45H39N3+2. The predicted octanol–water partition coefficient (Wildman–Crippen LogP) is 9.59. The second-order valence-electron chi connectivity index (χ2n) is 14.6. The SMILES string of the molecule is Cc1ccc2c(c1)n1c([n+]2-c2c(C(C)C)cccc2C(C)C)-c2c(ccc3c2Cc2ccccc2-3)C12c1ccccc1-c1cccc[n+]12. The molecule has 4 heterocycles. The predicted molar refractivity (Wildman–Crippen MR) is 194 cm³/mol. The fraction of sp³-hybridized carbons (Fsp3) is 0.200. The van der Waals surface area contributed by atoms with Crippen LogP contribution in [0.5, 0.6) is 0 Å². The summed E-state index contributed by atoms with van der Waals surface area (Å²) >= 11 is 0. The lowest BCUT2D eigenvalue weighted by atomic mass is 9.86. The molecule has 48 heavy (non-hydrogen) atoms. The summed E-state index contributed by atoms with van der Waals surface area (Å²) in [7, 11) is 0. The Bertz CT molecular complexity index is 2440. The van der Waals surface area contributed by atoms with E-state index in [4.69, 9.17) is 0 Å². The average molecular weight is 622 g/mol. The number of nitrogens with zero attached hydrogens (tertiary/aromatic N) is 3. The summed E-state index contributed by atoms with van der Waals surface area (Å²) in [5.41, 5.74) is 19.5. The zero-order chi connectivity index (χ0) is 32.5. The fourth-order valence-electron chi connectivity index (χ4n) is 9.34. The van der Waals surface area contributed by atoms with E-state index in [1.807, 2.05) is 0 Å². The van der Waals surface area contributed by atoms with Crippen molar-refractivity contribution in [1.82, 2.24) is 4.57 Å². The molecule has 10 rings (SSSR count). The maximum Gasteiger partial charge on any atom is 0.364 e. The van der Waals surface area contributed by atoms with E-state index >= 15 is 0 Å². The molecular weight excluding hydrogens is 583 g/mol. The third-order valence-electron chi connectivity index (χ3n) is 11.3. The van der Waals surface area contributed by atoms with E-state index < -0.39 is 5.66 Å². The standard InChI is InChI=1S/C45H39N3/c1-27(2)31-16-12-17-32(28(3)4)43(31)47-40-23-20-29(5)25-41(40)48-44(47)42-36-26-30-13-6-7-14-33(30)34(36)21-22-38(42)45(48)37-18-9-8-15-35(37)39-19-10-11-24-46(39)45/h6-25,27-28H,26H2,1-5H3/q+2. The summed E-state index contributed by atoms with van der Waals surface area (Å²) in [5.74, 6) is 2.01. The molecule has 0 N–H and O–H groups in total. The summed E-state index contributed by atoms with van der Waals surface area (Å²) in [5, 5.41) is 0. The van der Waals surface area contributed by atoms with Crippen molar-refractivity contribution in [2.75, 3.05) is 0 Å². The van der Waals surface area contributed by atoms with Gasteiger partial charge in [0, 0.05) is 23.3 Å². The molecule has 1 unspecified atom stereocenters. The van der Waals surface area contributed by atoms with Crippen LogP contribution in [0.15, 0.2) is 121 Å². The summed E-state index contributed by atoms with van der Waals surface area (Å²) in [6.45, 7) is 11.6. The summed E-state index contributed by atoms with van der Waals surface area (Å²) < 4.78 is 7.95. The van der Waals surface area contributed by atoms with E-state index in [9.17, 15) is 0 Å². The van der Waals surface area contributed by atoms with Gasteiger partial charge in [-0.1, -0.05) is 94.4 Å². The molecule has 3 nitrogen and oxygen atoms in total. The molecule has 2 aliphatic heterocycles. The van der Waals surface area contributed by atoms with Gasteiger partial charge in [0.1, 0.15) is 5.69 Å². The summed E-state index contributed by atoms with van der Waals surface area (Å²) in [6, 6.07) is 43.7. The third-order valence-corrected chi connectivity index (χ3v) is 11.3. The quantitative estimate of drug-likeness (QED) is 0.174. The van der Waals surface area contributed by atoms with Crippen LogP contribution in [-0.2, 0) is 12.1 Å². The Kier molecular flexibility index (Phi) is 5.58. The van der Waals surface area contributed by atoms with E-state index in [0.717, 1.165) is 6.42 Å². The van der Waals surface area contributed by atoms with Gasteiger partial charge in [-0.2, -0.15) is 4.57 Å². The molecule has 2 aromatic heterocycles. The smallest absolute Gasteiger partial charge is 0.187 e. The number of para-hydroxylation sites is 1. The Morgan fingerprint density at radius 1 is 0.667 bits per heavy atom. The topological polar surface area (TPSA) is 12.7 Å². The molecule has 1 spiro atoms. The highest BCUT2D eigenvalue weighted by Crippen LogP contribution is 2.56. The maximum atomic E-state index is 2.72. The van der Waals surface area contributed by atoms with Gasteiger partial charge < -0.3 is 0 Å². The molecule has 232 valence electrons. The van der Waals surface area contributed by atoms with Crippen LogP contribution in [0.1, 0.15) is 78.5 Å². The molecule has 0 radical (unpaired) electrons. The second-order valence-corrected chi connectivity index (χ2v) is 14.6. The number of aryl methyl sites for hydroxylation is 1. The summed E-state index contributed by atoms with van der Waals surface area (Å²) in [6.07, 6.45) is 3.24. The number of aromatic nitrogens is 3. The van der Waals surface area contributed by atoms with Crippen molar-refractivity contribution < 1.29 is 9.13 Å². The number of pyridine rings is 1. The van der Waals surface area contributed by atoms with Gasteiger partial charge in [-0.05, 0) is 89.4 Å². The molecule has 0 bridgehead atoms. The zero-order valence-corrected chi connectivity index (χ0v) is 28.3. The molecule has 3 aliphatic rings. The number of hydrogen-bond acceptors (Lipinski definition) is 0. The first-order chi connectivity index (χ1) is 23.4. The van der Waals surface area contributed by atoms with Gasteiger partial charge in [0.2, 0.25) is 5.69 Å². The van der Waals surface area contributed by atoms with E-state index in [0.29, 0.717) is 11.8 Å². The van der Waals surface area contributed by atoms with Crippen LogP contribution < -0.4 is 9.13 Å². The van der Waals surface area contributed by atoms with Gasteiger partial charge in [0.25, 0.3) is 0 Å². The highest BCUT2D eigenvalue weighted by Gasteiger charge is 2.66. The average Bonchev–Trinajstić information content (AvgIpc) is 3.81. The third kappa shape index (κ3) is 3.29. The Hall–Kier alpha value is -5.28. The number of rotatable bonds is 3. The van der Waals surface area contributed by atoms with Crippen LogP contribution in [0.3, 0.4) is 0 Å². The fourth-order valence-corrected chi connectivity index (χ4v) is 9.34. The molecule has 5 aromatic carbocycles. The number of fused-ring (bicyclic) bond motifs is 16. The Morgan fingerprint density at radius 3 is 2.19 bits per heavy atom. The lowest BCUT2D eigenvalue weighted by Gasteiger charge is -2.20. The minimum Gasteiger partial charge on any atom is -0.187 e. The van der Waals surface area contributed by atoms with E-state index in [1.165, 1.54) is 89.4 Å². The van der Waals surface area contributed by atoms with Gasteiger partial charge in [0.05, 0.1) is 22.3 Å². The van der Waals surface area contributed by atoms with Crippen LogP contribution in [0.4, 0.5) is 0 Å². The Balaban J connectivity index is 1.48. The van der Waals surface area contributed by atoms with Crippen molar-refractivity contribution in [2.24, 2.45) is 0 Å². The zero-order valence-electron chi connectivity index (χ0n) is 28.3. The minimum absolute atomic E-state index is 0.366. The van der Waals surface area contributed by atoms with Crippen LogP contribution in [-0.4, -0.2) is 4.57 Å². The molecule has 7 aromatic rings. The van der Waals surface area contributed by atoms with Crippen LogP contribution >= 0.6 is 0 Å². The monoisotopic (exact) mass is 621 g/mol. The highest BCUT2D eigenvalue weighted by molar-refractivity contribution is 5.91. The molecule has 1 atom stereocenters. The minimum atomic E-state index is -0.580. The molecule has 3 heteroatoms. The Labute approximate surface area is 282 Å².